The number of aryl methyl sites for hydroxylation is 2. The molecule has 0 radical (unpaired) electrons. The molecule has 0 atom stereocenters. The van der Waals surface area contributed by atoms with Crippen LogP contribution in [0.5, 0.6) is 0 Å². The van der Waals surface area contributed by atoms with Gasteiger partial charge in [-0.3, -0.25) is 9.59 Å². The molecule has 0 heterocycles. The Morgan fingerprint density at radius 1 is 1.04 bits per heavy atom. The lowest BCUT2D eigenvalue weighted by molar-refractivity contribution is -0.144. The first kappa shape index (κ1) is 17.7. The van der Waals surface area contributed by atoms with Crippen molar-refractivity contribution in [2.75, 3.05) is 5.32 Å². The molecule has 0 aliphatic rings. The van der Waals surface area contributed by atoms with Gasteiger partial charge in [0.1, 0.15) is 0 Å². The van der Waals surface area contributed by atoms with Crippen molar-refractivity contribution in [3.8, 4) is 0 Å². The predicted octanol–water partition coefficient (Wildman–Crippen LogP) is 3.68. The molecule has 0 aromatic heterocycles. The average molecular weight is 324 g/mol. The fraction of sp³-hybridized carbons (Fsp3) is 0.300. The monoisotopic (exact) mass is 324 g/mol. The summed E-state index contributed by atoms with van der Waals surface area (Å²) in [6.07, 6.45) is 0. The van der Waals surface area contributed by atoms with Gasteiger partial charge in [-0.15, -0.1) is 0 Å². The maximum atomic E-state index is 12.6. The van der Waals surface area contributed by atoms with E-state index in [2.05, 4.69) is 5.32 Å². The van der Waals surface area contributed by atoms with Crippen molar-refractivity contribution in [1.82, 2.24) is 4.90 Å². The van der Waals surface area contributed by atoms with Gasteiger partial charge in [0.15, 0.2) is 0 Å². The van der Waals surface area contributed by atoms with Gasteiger partial charge in [-0.25, -0.2) is 0 Å². The summed E-state index contributed by atoms with van der Waals surface area (Å²) in [5, 5.41) is 2.74. The second kappa shape index (κ2) is 7.77. The number of benzene rings is 2. The summed E-state index contributed by atoms with van der Waals surface area (Å²) in [5.41, 5.74) is 3.64. The fourth-order valence-corrected chi connectivity index (χ4v) is 2.45. The molecule has 2 amide bonds. The minimum atomic E-state index is -0.603. The molecule has 126 valence electrons. The van der Waals surface area contributed by atoms with E-state index in [0.717, 1.165) is 16.7 Å². The lowest BCUT2D eigenvalue weighted by Crippen LogP contribution is -2.43. The Balaban J connectivity index is 2.14. The number of nitrogens with one attached hydrogen (secondary N) is 1. The van der Waals surface area contributed by atoms with Crippen LogP contribution in [0.15, 0.2) is 48.5 Å². The molecule has 4 nitrogen and oxygen atoms in total. The summed E-state index contributed by atoms with van der Waals surface area (Å²) < 4.78 is 0. The van der Waals surface area contributed by atoms with E-state index in [9.17, 15) is 9.59 Å². The Morgan fingerprint density at radius 3 is 2.33 bits per heavy atom. The highest BCUT2D eigenvalue weighted by atomic mass is 16.2. The first-order valence-electron chi connectivity index (χ1n) is 8.11. The van der Waals surface area contributed by atoms with Gasteiger partial charge in [-0.2, -0.15) is 0 Å². The summed E-state index contributed by atoms with van der Waals surface area (Å²) in [5.74, 6) is -1.12. The number of anilines is 1. The molecular weight excluding hydrogens is 300 g/mol. The van der Waals surface area contributed by atoms with Crippen LogP contribution in [-0.2, 0) is 16.1 Å². The fourth-order valence-electron chi connectivity index (χ4n) is 2.45. The number of amides is 2. The summed E-state index contributed by atoms with van der Waals surface area (Å²) in [4.78, 5) is 26.6. The molecule has 1 N–H and O–H groups in total. The summed E-state index contributed by atoms with van der Waals surface area (Å²) in [7, 11) is 0. The van der Waals surface area contributed by atoms with Crippen LogP contribution in [0.4, 0.5) is 5.69 Å². The standard InChI is InChI=1S/C20H24N2O2/c1-14(2)22(13-17-8-6-5-7-9-17)20(24)19(23)21-18-12-15(3)10-11-16(18)4/h5-12,14H,13H2,1-4H3,(H,21,23). The predicted molar refractivity (Wildman–Crippen MR) is 96.7 cm³/mol. The lowest BCUT2D eigenvalue weighted by atomic mass is 10.1. The van der Waals surface area contributed by atoms with Crippen LogP contribution >= 0.6 is 0 Å². The molecule has 0 saturated carbocycles. The van der Waals surface area contributed by atoms with Crippen LogP contribution in [0, 0.1) is 13.8 Å². The van der Waals surface area contributed by atoms with E-state index in [1.54, 1.807) is 4.90 Å². The van der Waals surface area contributed by atoms with Crippen LogP contribution < -0.4 is 5.32 Å². The van der Waals surface area contributed by atoms with Crippen LogP contribution in [0.1, 0.15) is 30.5 Å². The van der Waals surface area contributed by atoms with Crippen molar-refractivity contribution >= 4 is 17.5 Å². The van der Waals surface area contributed by atoms with E-state index < -0.39 is 11.8 Å². The van der Waals surface area contributed by atoms with Crippen LogP contribution in [0.2, 0.25) is 0 Å². The summed E-state index contributed by atoms with van der Waals surface area (Å²) in [6, 6.07) is 15.4. The van der Waals surface area contributed by atoms with Crippen LogP contribution in [-0.4, -0.2) is 22.8 Å². The molecule has 4 heteroatoms. The van der Waals surface area contributed by atoms with Gasteiger partial charge in [0.05, 0.1) is 0 Å². The lowest BCUT2D eigenvalue weighted by Gasteiger charge is -2.26. The Hall–Kier alpha value is -2.62. The normalized spacial score (nSPS) is 10.5. The largest absolute Gasteiger partial charge is 0.328 e. The molecule has 0 aliphatic heterocycles. The van der Waals surface area contributed by atoms with Gasteiger partial charge in [0.2, 0.25) is 0 Å². The van der Waals surface area contributed by atoms with E-state index >= 15 is 0 Å². The zero-order valence-corrected chi connectivity index (χ0v) is 14.7. The minimum absolute atomic E-state index is 0.0675. The van der Waals surface area contributed by atoms with Crippen molar-refractivity contribution in [3.63, 3.8) is 0 Å². The molecule has 0 aliphatic carbocycles. The number of hydrogen-bond acceptors (Lipinski definition) is 2. The molecule has 2 aromatic rings. The molecule has 0 unspecified atom stereocenters. The van der Waals surface area contributed by atoms with E-state index in [-0.39, 0.29) is 6.04 Å². The topological polar surface area (TPSA) is 49.4 Å². The van der Waals surface area contributed by atoms with E-state index in [4.69, 9.17) is 0 Å². The number of hydrogen-bond donors (Lipinski definition) is 1. The van der Waals surface area contributed by atoms with Gasteiger partial charge in [0, 0.05) is 18.3 Å². The highest BCUT2D eigenvalue weighted by Gasteiger charge is 2.24. The quantitative estimate of drug-likeness (QED) is 0.872. The Labute approximate surface area is 143 Å². The molecule has 2 rings (SSSR count). The van der Waals surface area contributed by atoms with E-state index in [1.165, 1.54) is 0 Å². The third kappa shape index (κ3) is 4.44. The van der Waals surface area contributed by atoms with Gasteiger partial charge in [-0.05, 0) is 50.5 Å². The molecule has 0 spiro atoms. The zero-order chi connectivity index (χ0) is 17.7. The molecule has 0 saturated heterocycles. The summed E-state index contributed by atoms with van der Waals surface area (Å²) >= 11 is 0. The number of nitrogens with zero attached hydrogens (tertiary/aromatic N) is 1. The third-order valence-electron chi connectivity index (χ3n) is 3.92. The maximum Gasteiger partial charge on any atom is 0.313 e. The van der Waals surface area contributed by atoms with Crippen molar-refractivity contribution in [3.05, 3.63) is 65.2 Å². The minimum Gasteiger partial charge on any atom is -0.328 e. The van der Waals surface area contributed by atoms with Crippen molar-refractivity contribution in [2.24, 2.45) is 0 Å². The molecule has 24 heavy (non-hydrogen) atoms. The van der Waals surface area contributed by atoms with Crippen molar-refractivity contribution in [2.45, 2.75) is 40.3 Å². The van der Waals surface area contributed by atoms with Crippen molar-refractivity contribution < 1.29 is 9.59 Å². The maximum absolute atomic E-state index is 12.6. The third-order valence-corrected chi connectivity index (χ3v) is 3.92. The Morgan fingerprint density at radius 2 is 1.71 bits per heavy atom. The first-order chi connectivity index (χ1) is 11.4. The van der Waals surface area contributed by atoms with E-state index in [0.29, 0.717) is 12.2 Å². The van der Waals surface area contributed by atoms with E-state index in [1.807, 2.05) is 76.2 Å². The molecule has 2 aromatic carbocycles. The number of carbonyl (C=O) groups excluding carboxylic acids is 2. The molecule has 0 fully saturated rings. The second-order valence-electron chi connectivity index (χ2n) is 6.28. The molecule has 0 bridgehead atoms. The first-order valence-corrected chi connectivity index (χ1v) is 8.11. The highest BCUT2D eigenvalue weighted by Crippen LogP contribution is 2.17. The number of carbonyl (C=O) groups is 2. The SMILES string of the molecule is Cc1ccc(C)c(NC(=O)C(=O)N(Cc2ccccc2)C(C)C)c1. The van der Waals surface area contributed by atoms with Crippen LogP contribution in [0.25, 0.3) is 0 Å². The van der Waals surface area contributed by atoms with Crippen molar-refractivity contribution in [1.29, 1.82) is 0 Å². The van der Waals surface area contributed by atoms with Gasteiger partial charge in [-0.1, -0.05) is 42.5 Å². The molecular formula is C20H24N2O2. The zero-order valence-electron chi connectivity index (χ0n) is 14.7. The Bertz CT molecular complexity index is 724. The smallest absolute Gasteiger partial charge is 0.313 e. The van der Waals surface area contributed by atoms with Gasteiger partial charge < -0.3 is 10.2 Å². The highest BCUT2D eigenvalue weighted by molar-refractivity contribution is 6.39. The second-order valence-corrected chi connectivity index (χ2v) is 6.28. The van der Waals surface area contributed by atoms with Crippen LogP contribution in [0.3, 0.4) is 0 Å². The summed E-state index contributed by atoms with van der Waals surface area (Å²) in [6.45, 7) is 8.09. The Kier molecular flexibility index (Phi) is 5.74. The average Bonchev–Trinajstić information content (AvgIpc) is 2.56. The number of rotatable bonds is 4. The van der Waals surface area contributed by atoms with Gasteiger partial charge >= 0.3 is 11.8 Å². The van der Waals surface area contributed by atoms with Gasteiger partial charge in [0.25, 0.3) is 0 Å².